The lowest BCUT2D eigenvalue weighted by Gasteiger charge is -2.06. The first-order valence-electron chi connectivity index (χ1n) is 5.50. The van der Waals surface area contributed by atoms with Gasteiger partial charge in [0.05, 0.1) is 6.26 Å². The van der Waals surface area contributed by atoms with Crippen LogP contribution in [0.1, 0.15) is 19.0 Å². The molecule has 0 spiro atoms. The van der Waals surface area contributed by atoms with Gasteiger partial charge in [0.15, 0.2) is 0 Å². The molecule has 0 aromatic carbocycles. The fourth-order valence-corrected chi connectivity index (χ4v) is 1.79. The van der Waals surface area contributed by atoms with E-state index in [0.29, 0.717) is 13.1 Å². The number of hydrogen-bond acceptors (Lipinski definition) is 5. The Morgan fingerprint density at radius 2 is 2.06 bits per heavy atom. The minimum Gasteiger partial charge on any atom is -0.369 e. The van der Waals surface area contributed by atoms with Crippen molar-refractivity contribution in [3.8, 4) is 0 Å². The van der Waals surface area contributed by atoms with Gasteiger partial charge in [-0.15, -0.1) is 0 Å². The predicted molar refractivity (Wildman–Crippen MR) is 67.4 cm³/mol. The van der Waals surface area contributed by atoms with Crippen molar-refractivity contribution in [2.45, 2.75) is 19.8 Å². The molecule has 0 bridgehead atoms. The summed E-state index contributed by atoms with van der Waals surface area (Å²) in [6.45, 7) is 2.92. The normalized spacial score (nSPS) is 11.4. The van der Waals surface area contributed by atoms with Crippen LogP contribution in [0.2, 0.25) is 0 Å². The van der Waals surface area contributed by atoms with E-state index in [-0.39, 0.29) is 0 Å². The van der Waals surface area contributed by atoms with Gasteiger partial charge in [0, 0.05) is 24.8 Å². The molecule has 0 fully saturated rings. The van der Waals surface area contributed by atoms with Crippen molar-refractivity contribution in [1.82, 2.24) is 14.7 Å². The van der Waals surface area contributed by atoms with E-state index in [0.717, 1.165) is 30.6 Å². The summed E-state index contributed by atoms with van der Waals surface area (Å²) in [5.41, 5.74) is 0.987. The van der Waals surface area contributed by atoms with Crippen molar-refractivity contribution < 1.29 is 8.42 Å². The first-order valence-corrected chi connectivity index (χ1v) is 7.40. The molecule has 1 heterocycles. The molecule has 0 aliphatic heterocycles. The van der Waals surface area contributed by atoms with Crippen LogP contribution >= 0.6 is 0 Å². The monoisotopic (exact) mass is 258 g/mol. The predicted octanol–water partition coefficient (Wildman–Crippen LogP) is 0.390. The quantitative estimate of drug-likeness (QED) is 0.691. The molecule has 1 aromatic rings. The smallest absolute Gasteiger partial charge is 0.208 e. The number of rotatable bonds is 7. The fourth-order valence-electron chi connectivity index (χ4n) is 1.31. The molecule has 0 aliphatic rings. The van der Waals surface area contributed by atoms with Crippen LogP contribution in [0.3, 0.4) is 0 Å². The first-order chi connectivity index (χ1) is 8.01. The number of aromatic nitrogens is 2. The Bertz CT molecular complexity index is 447. The van der Waals surface area contributed by atoms with Crippen LogP contribution in [0.15, 0.2) is 12.4 Å². The number of sulfonamides is 1. The lowest BCUT2D eigenvalue weighted by atomic mass is 10.2. The number of hydrogen-bond donors (Lipinski definition) is 2. The summed E-state index contributed by atoms with van der Waals surface area (Å²) < 4.78 is 24.0. The van der Waals surface area contributed by atoms with Crippen molar-refractivity contribution >= 4 is 15.8 Å². The highest BCUT2D eigenvalue weighted by atomic mass is 32.2. The fraction of sp³-hybridized carbons (Fsp3) is 0.600. The zero-order valence-corrected chi connectivity index (χ0v) is 10.9. The van der Waals surface area contributed by atoms with Crippen LogP contribution in [-0.2, 0) is 16.4 Å². The third kappa shape index (κ3) is 6.18. The molecule has 96 valence electrons. The van der Waals surface area contributed by atoms with E-state index in [1.807, 2.05) is 6.07 Å². The van der Waals surface area contributed by atoms with Crippen LogP contribution in [0.4, 0.5) is 5.82 Å². The summed E-state index contributed by atoms with van der Waals surface area (Å²) in [7, 11) is -3.12. The van der Waals surface area contributed by atoms with Gasteiger partial charge in [-0.2, -0.15) is 0 Å². The SMILES string of the molecule is CCCc1cc(NCCNS(C)(=O)=O)ncn1. The number of nitrogens with one attached hydrogen (secondary N) is 2. The first kappa shape index (κ1) is 13.9. The minimum atomic E-state index is -3.12. The molecule has 1 aromatic heterocycles. The third-order valence-electron chi connectivity index (χ3n) is 2.03. The topological polar surface area (TPSA) is 84.0 Å². The van der Waals surface area contributed by atoms with Gasteiger partial charge in [0.2, 0.25) is 10.0 Å². The van der Waals surface area contributed by atoms with E-state index >= 15 is 0 Å². The van der Waals surface area contributed by atoms with Crippen molar-refractivity contribution in [3.63, 3.8) is 0 Å². The summed E-state index contributed by atoms with van der Waals surface area (Å²) in [4.78, 5) is 8.19. The Morgan fingerprint density at radius 1 is 1.29 bits per heavy atom. The molecule has 6 nitrogen and oxygen atoms in total. The van der Waals surface area contributed by atoms with Crippen molar-refractivity contribution in [2.75, 3.05) is 24.7 Å². The van der Waals surface area contributed by atoms with E-state index in [1.54, 1.807) is 0 Å². The van der Waals surface area contributed by atoms with Crippen molar-refractivity contribution in [2.24, 2.45) is 0 Å². The molecule has 0 saturated carbocycles. The molecule has 2 N–H and O–H groups in total. The van der Waals surface area contributed by atoms with E-state index in [4.69, 9.17) is 0 Å². The second-order valence-electron chi connectivity index (χ2n) is 3.74. The Balaban J connectivity index is 2.38. The van der Waals surface area contributed by atoms with Crippen molar-refractivity contribution in [1.29, 1.82) is 0 Å². The maximum Gasteiger partial charge on any atom is 0.208 e. The average Bonchev–Trinajstić information content (AvgIpc) is 2.24. The largest absolute Gasteiger partial charge is 0.369 e. The van der Waals surface area contributed by atoms with E-state index in [2.05, 4.69) is 26.9 Å². The van der Waals surface area contributed by atoms with Crippen molar-refractivity contribution in [3.05, 3.63) is 18.1 Å². The van der Waals surface area contributed by atoms with E-state index < -0.39 is 10.0 Å². The zero-order chi connectivity index (χ0) is 12.7. The highest BCUT2D eigenvalue weighted by Gasteiger charge is 2.00. The Labute approximate surface area is 102 Å². The van der Waals surface area contributed by atoms with Crippen LogP contribution < -0.4 is 10.0 Å². The maximum atomic E-state index is 10.8. The Kier molecular flexibility index (Phi) is 5.30. The summed E-state index contributed by atoms with van der Waals surface area (Å²) in [6.07, 6.45) is 4.60. The van der Waals surface area contributed by atoms with Crippen LogP contribution in [0.5, 0.6) is 0 Å². The van der Waals surface area contributed by atoms with Crippen LogP contribution in [0, 0.1) is 0 Å². The van der Waals surface area contributed by atoms with Gasteiger partial charge < -0.3 is 5.32 Å². The van der Waals surface area contributed by atoms with E-state index in [1.165, 1.54) is 6.33 Å². The number of anilines is 1. The molecule has 0 atom stereocenters. The summed E-state index contributed by atoms with van der Waals surface area (Å²) in [6, 6.07) is 1.88. The van der Waals surface area contributed by atoms with Gasteiger partial charge in [0.1, 0.15) is 12.1 Å². The molecular weight excluding hydrogens is 240 g/mol. The third-order valence-corrected chi connectivity index (χ3v) is 2.75. The molecule has 1 rings (SSSR count). The maximum absolute atomic E-state index is 10.8. The second kappa shape index (κ2) is 6.51. The molecule has 7 heteroatoms. The van der Waals surface area contributed by atoms with Gasteiger partial charge >= 0.3 is 0 Å². The number of nitrogens with zero attached hydrogens (tertiary/aromatic N) is 2. The molecule has 0 amide bonds. The summed E-state index contributed by atoms with van der Waals surface area (Å²) in [5, 5.41) is 3.04. The van der Waals surface area contributed by atoms with Gasteiger partial charge in [-0.1, -0.05) is 13.3 Å². The molecule has 0 radical (unpaired) electrons. The van der Waals surface area contributed by atoms with E-state index in [9.17, 15) is 8.42 Å². The van der Waals surface area contributed by atoms with Crippen LogP contribution in [0.25, 0.3) is 0 Å². The zero-order valence-electron chi connectivity index (χ0n) is 10.1. The highest BCUT2D eigenvalue weighted by molar-refractivity contribution is 7.88. The number of aryl methyl sites for hydroxylation is 1. The Morgan fingerprint density at radius 3 is 2.71 bits per heavy atom. The minimum absolute atomic E-state index is 0.339. The van der Waals surface area contributed by atoms with Gasteiger partial charge in [-0.25, -0.2) is 23.1 Å². The molecule has 17 heavy (non-hydrogen) atoms. The molecule has 0 saturated heterocycles. The standard InChI is InChI=1S/C10H18N4O2S/c1-3-4-9-7-10(13-8-12-9)11-5-6-14-17(2,15)16/h7-8,14H,3-6H2,1-2H3,(H,11,12,13). The summed E-state index contributed by atoms with van der Waals surface area (Å²) >= 11 is 0. The lowest BCUT2D eigenvalue weighted by Crippen LogP contribution is -2.27. The van der Waals surface area contributed by atoms with Gasteiger partial charge in [-0.05, 0) is 6.42 Å². The highest BCUT2D eigenvalue weighted by Crippen LogP contribution is 2.05. The Hall–Kier alpha value is -1.21. The molecular formula is C10H18N4O2S. The molecule has 0 unspecified atom stereocenters. The summed E-state index contributed by atoms with van der Waals surface area (Å²) in [5.74, 6) is 0.721. The van der Waals surface area contributed by atoms with Crippen LogP contribution in [-0.4, -0.2) is 37.7 Å². The molecule has 0 aliphatic carbocycles. The lowest BCUT2D eigenvalue weighted by molar-refractivity contribution is 0.589. The second-order valence-corrected chi connectivity index (χ2v) is 5.57. The van der Waals surface area contributed by atoms with Gasteiger partial charge in [-0.3, -0.25) is 0 Å². The average molecular weight is 258 g/mol. The van der Waals surface area contributed by atoms with Gasteiger partial charge in [0.25, 0.3) is 0 Å².